The van der Waals surface area contributed by atoms with Crippen LogP contribution in [-0.4, -0.2) is 29.6 Å². The van der Waals surface area contributed by atoms with Gasteiger partial charge in [-0.25, -0.2) is 4.39 Å². The average Bonchev–Trinajstić information content (AvgIpc) is 2.38. The Morgan fingerprint density at radius 1 is 1.39 bits per heavy atom. The minimum atomic E-state index is -0.565. The number of hydrogen-bond acceptors (Lipinski definition) is 4. The highest BCUT2D eigenvalue weighted by molar-refractivity contribution is 5.76. The molecule has 1 aromatic carbocycles. The molecule has 0 spiro atoms. The molecule has 0 unspecified atom stereocenters. The molecule has 4 nitrogen and oxygen atoms in total. The lowest BCUT2D eigenvalue weighted by Gasteiger charge is -2.32. The standard InChI is InChI=1S/C18H25FN2O2/c1-12(2)16(17(22)23-18(3,4)5)21(6)11-14-8-7-13(10-20)9-15(14)19/h7-9,12,16H,11H2,1-6H3/t16-/m0/s1. The van der Waals surface area contributed by atoms with Crippen LogP contribution in [0.3, 0.4) is 0 Å². The van der Waals surface area contributed by atoms with Crippen molar-refractivity contribution in [2.75, 3.05) is 7.05 Å². The fourth-order valence-corrected chi connectivity index (χ4v) is 2.44. The minimum absolute atomic E-state index is 0.0243. The van der Waals surface area contributed by atoms with E-state index in [9.17, 15) is 9.18 Å². The zero-order valence-corrected chi connectivity index (χ0v) is 14.7. The van der Waals surface area contributed by atoms with Crippen LogP contribution in [0.15, 0.2) is 18.2 Å². The van der Waals surface area contributed by atoms with E-state index in [2.05, 4.69) is 0 Å². The summed E-state index contributed by atoms with van der Waals surface area (Å²) >= 11 is 0. The van der Waals surface area contributed by atoms with Gasteiger partial charge in [-0.15, -0.1) is 0 Å². The van der Waals surface area contributed by atoms with Crippen LogP contribution < -0.4 is 0 Å². The molecule has 1 aromatic rings. The predicted octanol–water partition coefficient (Wildman–Crippen LogP) is 3.50. The molecule has 23 heavy (non-hydrogen) atoms. The molecular weight excluding hydrogens is 295 g/mol. The van der Waals surface area contributed by atoms with Gasteiger partial charge >= 0.3 is 5.97 Å². The molecule has 0 heterocycles. The van der Waals surface area contributed by atoms with Gasteiger partial charge in [0.05, 0.1) is 11.6 Å². The maximum atomic E-state index is 14.0. The molecule has 0 radical (unpaired) electrons. The summed E-state index contributed by atoms with van der Waals surface area (Å²) in [6.45, 7) is 9.59. The summed E-state index contributed by atoms with van der Waals surface area (Å²) in [4.78, 5) is 14.2. The molecule has 1 atom stereocenters. The SMILES string of the molecule is CC(C)[C@@H](C(=O)OC(C)(C)C)N(C)Cc1ccc(C#N)cc1F. The number of hydrogen-bond donors (Lipinski definition) is 0. The maximum Gasteiger partial charge on any atom is 0.324 e. The Kier molecular flexibility index (Phi) is 6.28. The van der Waals surface area contributed by atoms with E-state index in [0.29, 0.717) is 5.56 Å². The van der Waals surface area contributed by atoms with Crippen LogP contribution in [0.2, 0.25) is 0 Å². The van der Waals surface area contributed by atoms with E-state index in [1.165, 1.54) is 6.07 Å². The van der Waals surface area contributed by atoms with Gasteiger partial charge in [0, 0.05) is 12.1 Å². The summed E-state index contributed by atoms with van der Waals surface area (Å²) in [5, 5.41) is 8.79. The second kappa shape index (κ2) is 7.56. The smallest absolute Gasteiger partial charge is 0.324 e. The molecule has 1 rings (SSSR count). The summed E-state index contributed by atoms with van der Waals surface area (Å²) in [5.74, 6) is -0.733. The van der Waals surface area contributed by atoms with Crippen molar-refractivity contribution >= 4 is 5.97 Å². The topological polar surface area (TPSA) is 53.3 Å². The summed E-state index contributed by atoms with van der Waals surface area (Å²) in [6.07, 6.45) is 0. The van der Waals surface area contributed by atoms with Crippen molar-refractivity contribution in [2.45, 2.75) is 52.8 Å². The van der Waals surface area contributed by atoms with Gasteiger partial charge in [-0.05, 0) is 45.9 Å². The molecule has 0 saturated heterocycles. The van der Waals surface area contributed by atoms with E-state index in [0.717, 1.165) is 0 Å². The van der Waals surface area contributed by atoms with E-state index in [1.807, 2.05) is 40.7 Å². The van der Waals surface area contributed by atoms with Crippen LogP contribution in [0.4, 0.5) is 4.39 Å². The van der Waals surface area contributed by atoms with Crippen molar-refractivity contribution in [3.8, 4) is 6.07 Å². The first-order valence-electron chi connectivity index (χ1n) is 7.66. The molecule has 0 saturated carbocycles. The number of nitriles is 1. The molecule has 0 aliphatic carbocycles. The third-order valence-corrected chi connectivity index (χ3v) is 3.36. The summed E-state index contributed by atoms with van der Waals surface area (Å²) < 4.78 is 19.5. The van der Waals surface area contributed by atoms with Gasteiger partial charge in [0.25, 0.3) is 0 Å². The molecular formula is C18H25FN2O2. The van der Waals surface area contributed by atoms with Crippen LogP contribution in [0.1, 0.15) is 45.7 Å². The van der Waals surface area contributed by atoms with Gasteiger partial charge in [0.15, 0.2) is 0 Å². The van der Waals surface area contributed by atoms with Crippen molar-refractivity contribution in [3.05, 3.63) is 35.1 Å². The lowest BCUT2D eigenvalue weighted by molar-refractivity contribution is -0.163. The van der Waals surface area contributed by atoms with Crippen molar-refractivity contribution in [2.24, 2.45) is 5.92 Å². The van der Waals surface area contributed by atoms with Gasteiger partial charge < -0.3 is 4.74 Å². The van der Waals surface area contributed by atoms with E-state index < -0.39 is 17.5 Å². The summed E-state index contributed by atoms with van der Waals surface area (Å²) in [5.41, 5.74) is 0.160. The Balaban J connectivity index is 2.93. The van der Waals surface area contributed by atoms with E-state index in [4.69, 9.17) is 10.00 Å². The highest BCUT2D eigenvalue weighted by Crippen LogP contribution is 2.19. The molecule has 0 aliphatic rings. The first-order chi connectivity index (χ1) is 10.5. The monoisotopic (exact) mass is 320 g/mol. The second-order valence-corrected chi connectivity index (χ2v) is 7.06. The molecule has 0 bridgehead atoms. The molecule has 0 amide bonds. The van der Waals surface area contributed by atoms with E-state index in [-0.39, 0.29) is 24.0 Å². The average molecular weight is 320 g/mol. The van der Waals surface area contributed by atoms with Crippen LogP contribution in [0.25, 0.3) is 0 Å². The van der Waals surface area contributed by atoms with Crippen molar-refractivity contribution in [3.63, 3.8) is 0 Å². The highest BCUT2D eigenvalue weighted by atomic mass is 19.1. The number of ether oxygens (including phenoxy) is 1. The fourth-order valence-electron chi connectivity index (χ4n) is 2.44. The van der Waals surface area contributed by atoms with Crippen LogP contribution in [0, 0.1) is 23.1 Å². The highest BCUT2D eigenvalue weighted by Gasteiger charge is 2.31. The molecule has 0 aromatic heterocycles. The minimum Gasteiger partial charge on any atom is -0.459 e. The van der Waals surface area contributed by atoms with Crippen LogP contribution >= 0.6 is 0 Å². The Morgan fingerprint density at radius 2 is 2.00 bits per heavy atom. The number of nitrogens with zero attached hydrogens (tertiary/aromatic N) is 2. The number of rotatable bonds is 5. The quantitative estimate of drug-likeness (QED) is 0.779. The van der Waals surface area contributed by atoms with Crippen molar-refractivity contribution in [1.82, 2.24) is 4.90 Å². The third kappa shape index (κ3) is 5.65. The molecule has 0 aliphatic heterocycles. The number of esters is 1. The lowest BCUT2D eigenvalue weighted by atomic mass is 10.0. The zero-order chi connectivity index (χ0) is 17.8. The van der Waals surface area contributed by atoms with Gasteiger partial charge in [-0.3, -0.25) is 9.69 Å². The first-order valence-corrected chi connectivity index (χ1v) is 7.66. The molecule has 126 valence electrons. The summed E-state index contributed by atoms with van der Waals surface area (Å²) in [7, 11) is 1.77. The summed E-state index contributed by atoms with van der Waals surface area (Å²) in [6, 6.07) is 5.80. The number of carbonyl (C=O) groups is 1. The van der Waals surface area contributed by atoms with Crippen LogP contribution in [0.5, 0.6) is 0 Å². The zero-order valence-electron chi connectivity index (χ0n) is 14.7. The van der Waals surface area contributed by atoms with Gasteiger partial charge in [0.1, 0.15) is 17.5 Å². The molecule has 0 fully saturated rings. The lowest BCUT2D eigenvalue weighted by Crippen LogP contribution is -2.45. The normalized spacial score (nSPS) is 13.0. The Hall–Kier alpha value is -1.93. The maximum absolute atomic E-state index is 14.0. The predicted molar refractivity (Wildman–Crippen MR) is 87.1 cm³/mol. The third-order valence-electron chi connectivity index (χ3n) is 3.36. The first kappa shape index (κ1) is 19.1. The molecule has 0 N–H and O–H groups in total. The Labute approximate surface area is 137 Å². The largest absolute Gasteiger partial charge is 0.459 e. The van der Waals surface area contributed by atoms with Crippen LogP contribution in [-0.2, 0) is 16.1 Å². The van der Waals surface area contributed by atoms with Crippen molar-refractivity contribution < 1.29 is 13.9 Å². The number of likely N-dealkylation sites (N-methyl/N-ethyl adjacent to an activating group) is 1. The Bertz CT molecular complexity index is 600. The van der Waals surface area contributed by atoms with E-state index in [1.54, 1.807) is 24.1 Å². The number of benzene rings is 1. The second-order valence-electron chi connectivity index (χ2n) is 7.06. The van der Waals surface area contributed by atoms with Gasteiger partial charge in [-0.1, -0.05) is 19.9 Å². The number of halogens is 1. The van der Waals surface area contributed by atoms with Gasteiger partial charge in [0.2, 0.25) is 0 Å². The van der Waals surface area contributed by atoms with Crippen molar-refractivity contribution in [1.29, 1.82) is 5.26 Å². The number of carbonyl (C=O) groups excluding carboxylic acids is 1. The molecule has 5 heteroatoms. The fraction of sp³-hybridized carbons (Fsp3) is 0.556. The Morgan fingerprint density at radius 3 is 2.43 bits per heavy atom. The van der Waals surface area contributed by atoms with Gasteiger partial charge in [-0.2, -0.15) is 5.26 Å². The van der Waals surface area contributed by atoms with E-state index >= 15 is 0 Å².